The van der Waals surface area contributed by atoms with E-state index in [9.17, 15) is 4.79 Å². The largest absolute Gasteiger partial charge is 0.490 e. The molecule has 2 aliphatic rings. The average Bonchev–Trinajstić information content (AvgIpc) is 3.22. The number of ether oxygens (including phenoxy) is 1. The van der Waals surface area contributed by atoms with E-state index in [1.165, 1.54) is 16.7 Å². The van der Waals surface area contributed by atoms with Gasteiger partial charge in [0.15, 0.2) is 0 Å². The molecule has 3 heterocycles. The number of amides is 2. The normalized spacial score (nSPS) is 17.7. The third kappa shape index (κ3) is 4.98. The van der Waals surface area contributed by atoms with Crippen molar-refractivity contribution >= 4 is 23.3 Å². The zero-order chi connectivity index (χ0) is 22.6. The number of aromatic nitrogens is 1. The van der Waals surface area contributed by atoms with Gasteiger partial charge in [0.2, 0.25) is 0 Å². The molecule has 2 aromatic carbocycles. The molecule has 1 saturated heterocycles. The molecular formula is C27H28ClN3O2. The number of unbranched alkanes of at least 4 members (excludes halogenated alkanes) is 1. The van der Waals surface area contributed by atoms with Crippen LogP contribution in [0, 0.1) is 0 Å². The minimum Gasteiger partial charge on any atom is -0.490 e. The molecule has 3 aromatic rings. The number of halogens is 1. The average molecular weight is 462 g/mol. The van der Waals surface area contributed by atoms with E-state index in [0.29, 0.717) is 0 Å². The highest BCUT2D eigenvalue weighted by atomic mass is 35.5. The molecule has 5 rings (SSSR count). The fourth-order valence-corrected chi connectivity index (χ4v) is 4.82. The summed E-state index contributed by atoms with van der Waals surface area (Å²) in [5.41, 5.74) is 4.57. The van der Waals surface area contributed by atoms with Gasteiger partial charge in [-0.15, -0.1) is 0 Å². The van der Waals surface area contributed by atoms with Crippen molar-refractivity contribution in [1.82, 2.24) is 9.88 Å². The Hall–Kier alpha value is -3.05. The maximum absolute atomic E-state index is 12.7. The molecule has 0 spiro atoms. The Labute approximate surface area is 200 Å². The number of nitrogens with zero attached hydrogens (tertiary/aromatic N) is 3. The smallest absolute Gasteiger partial charge is 0.324 e. The molecule has 0 unspecified atom stereocenters. The van der Waals surface area contributed by atoms with Gasteiger partial charge in [-0.3, -0.25) is 9.88 Å². The van der Waals surface area contributed by atoms with E-state index in [0.717, 1.165) is 68.2 Å². The van der Waals surface area contributed by atoms with Gasteiger partial charge in [-0.1, -0.05) is 29.8 Å². The van der Waals surface area contributed by atoms with Crippen LogP contribution in [0.5, 0.6) is 5.75 Å². The molecule has 0 saturated carbocycles. The van der Waals surface area contributed by atoms with Crippen molar-refractivity contribution in [2.45, 2.75) is 38.2 Å². The number of pyridine rings is 1. The van der Waals surface area contributed by atoms with E-state index in [4.69, 9.17) is 16.3 Å². The van der Waals surface area contributed by atoms with Crippen molar-refractivity contribution in [1.29, 1.82) is 0 Å². The van der Waals surface area contributed by atoms with E-state index >= 15 is 0 Å². The van der Waals surface area contributed by atoms with Gasteiger partial charge in [-0.25, -0.2) is 4.79 Å². The SMILES string of the molecule is O=C1N(CCCC[C@H]2CCc3cc(-c4ccc(Cl)cc4)ccc3O2)CCN1c1ccncc1. The summed E-state index contributed by atoms with van der Waals surface area (Å²) in [6.45, 7) is 2.32. The predicted octanol–water partition coefficient (Wildman–Crippen LogP) is 6.21. The highest BCUT2D eigenvalue weighted by Crippen LogP contribution is 2.33. The minimum atomic E-state index is 0.0977. The first-order valence-corrected chi connectivity index (χ1v) is 12.1. The Morgan fingerprint density at radius 1 is 0.970 bits per heavy atom. The first-order valence-electron chi connectivity index (χ1n) is 11.7. The molecule has 0 bridgehead atoms. The van der Waals surface area contributed by atoms with Gasteiger partial charge in [-0.2, -0.15) is 0 Å². The summed E-state index contributed by atoms with van der Waals surface area (Å²) in [4.78, 5) is 20.5. The summed E-state index contributed by atoms with van der Waals surface area (Å²) in [7, 11) is 0. The minimum absolute atomic E-state index is 0.0977. The first-order chi connectivity index (χ1) is 16.2. The van der Waals surface area contributed by atoms with E-state index in [-0.39, 0.29) is 12.1 Å². The quantitative estimate of drug-likeness (QED) is 0.393. The summed E-state index contributed by atoms with van der Waals surface area (Å²) in [5.74, 6) is 1.01. The lowest BCUT2D eigenvalue weighted by atomic mass is 9.95. The first kappa shape index (κ1) is 21.8. The number of benzene rings is 2. The van der Waals surface area contributed by atoms with Crippen LogP contribution in [0.15, 0.2) is 67.0 Å². The Balaban J connectivity index is 1.09. The number of fused-ring (bicyclic) bond motifs is 1. The van der Waals surface area contributed by atoms with Crippen LogP contribution >= 0.6 is 11.6 Å². The molecule has 170 valence electrons. The van der Waals surface area contributed by atoms with Gasteiger partial charge in [-0.05, 0) is 85.2 Å². The van der Waals surface area contributed by atoms with Gasteiger partial charge in [0.05, 0.1) is 6.10 Å². The Morgan fingerprint density at radius 3 is 2.58 bits per heavy atom. The summed E-state index contributed by atoms with van der Waals surface area (Å²) in [6.07, 6.45) is 8.86. The number of carbonyl (C=O) groups excluding carboxylic acids is 1. The molecule has 0 aliphatic carbocycles. The van der Waals surface area contributed by atoms with Crippen LogP contribution in [0.3, 0.4) is 0 Å². The van der Waals surface area contributed by atoms with Gasteiger partial charge in [0.25, 0.3) is 0 Å². The summed E-state index contributed by atoms with van der Waals surface area (Å²) in [5, 5.41) is 0.753. The second kappa shape index (κ2) is 9.84. The van der Waals surface area contributed by atoms with Gasteiger partial charge < -0.3 is 9.64 Å². The molecule has 5 nitrogen and oxygen atoms in total. The lowest BCUT2D eigenvalue weighted by Gasteiger charge is -2.27. The van der Waals surface area contributed by atoms with Crippen molar-refractivity contribution in [3.05, 3.63) is 77.6 Å². The van der Waals surface area contributed by atoms with Gasteiger partial charge >= 0.3 is 6.03 Å². The van der Waals surface area contributed by atoms with Crippen molar-refractivity contribution in [3.8, 4) is 16.9 Å². The second-order valence-corrected chi connectivity index (χ2v) is 9.17. The number of carbonyl (C=O) groups is 1. The summed E-state index contributed by atoms with van der Waals surface area (Å²) < 4.78 is 6.29. The second-order valence-electron chi connectivity index (χ2n) is 8.73. The number of anilines is 1. The van der Waals surface area contributed by atoms with Crippen LogP contribution in [0.2, 0.25) is 5.02 Å². The Kier molecular flexibility index (Phi) is 6.49. The van der Waals surface area contributed by atoms with Crippen LogP contribution < -0.4 is 9.64 Å². The Bertz CT molecular complexity index is 1100. The van der Waals surface area contributed by atoms with Crippen molar-refractivity contribution in [2.75, 3.05) is 24.5 Å². The zero-order valence-corrected chi connectivity index (χ0v) is 19.4. The molecule has 2 aliphatic heterocycles. The highest BCUT2D eigenvalue weighted by Gasteiger charge is 2.29. The number of urea groups is 1. The van der Waals surface area contributed by atoms with E-state index in [1.807, 2.05) is 34.1 Å². The maximum Gasteiger partial charge on any atom is 0.324 e. The molecular weight excluding hydrogens is 434 g/mol. The van der Waals surface area contributed by atoms with E-state index in [1.54, 1.807) is 12.4 Å². The number of hydrogen-bond acceptors (Lipinski definition) is 3. The lowest BCUT2D eigenvalue weighted by molar-refractivity contribution is 0.159. The third-order valence-electron chi connectivity index (χ3n) is 6.54. The number of rotatable bonds is 7. The van der Waals surface area contributed by atoms with Crippen LogP contribution in [-0.2, 0) is 6.42 Å². The van der Waals surface area contributed by atoms with Gasteiger partial charge in [0.1, 0.15) is 5.75 Å². The number of aryl methyl sites for hydroxylation is 1. The standard InChI is InChI=1S/C27H28ClN3O2/c28-23-8-4-20(5-9-23)21-7-11-26-22(19-21)6-10-25(33-26)3-1-2-16-30-17-18-31(27(30)32)24-12-14-29-15-13-24/h4-5,7-9,11-15,19,25H,1-3,6,10,16-18H2/t25-/m0/s1. The zero-order valence-electron chi connectivity index (χ0n) is 18.6. The van der Waals surface area contributed by atoms with Crippen LogP contribution in [0.4, 0.5) is 10.5 Å². The fraction of sp³-hybridized carbons (Fsp3) is 0.333. The number of hydrogen-bond donors (Lipinski definition) is 0. The van der Waals surface area contributed by atoms with Gasteiger partial charge in [0, 0.05) is 42.7 Å². The fourth-order valence-electron chi connectivity index (χ4n) is 4.70. The predicted molar refractivity (Wildman–Crippen MR) is 132 cm³/mol. The van der Waals surface area contributed by atoms with Crippen LogP contribution in [-0.4, -0.2) is 41.7 Å². The molecule has 1 fully saturated rings. The van der Waals surface area contributed by atoms with Crippen molar-refractivity contribution in [2.24, 2.45) is 0 Å². The molecule has 0 radical (unpaired) electrons. The Morgan fingerprint density at radius 2 is 1.76 bits per heavy atom. The molecule has 0 N–H and O–H groups in total. The lowest BCUT2D eigenvalue weighted by Crippen LogP contribution is -2.32. The maximum atomic E-state index is 12.7. The molecule has 33 heavy (non-hydrogen) atoms. The molecule has 1 aromatic heterocycles. The van der Waals surface area contributed by atoms with Crippen LogP contribution in [0.25, 0.3) is 11.1 Å². The summed E-state index contributed by atoms with van der Waals surface area (Å²) >= 11 is 6.01. The molecule has 2 amide bonds. The topological polar surface area (TPSA) is 45.7 Å². The molecule has 6 heteroatoms. The molecule has 1 atom stereocenters. The third-order valence-corrected chi connectivity index (χ3v) is 6.79. The van der Waals surface area contributed by atoms with Crippen molar-refractivity contribution in [3.63, 3.8) is 0 Å². The van der Waals surface area contributed by atoms with E-state index in [2.05, 4.69) is 35.3 Å². The van der Waals surface area contributed by atoms with Crippen molar-refractivity contribution < 1.29 is 9.53 Å². The van der Waals surface area contributed by atoms with E-state index < -0.39 is 0 Å². The highest BCUT2D eigenvalue weighted by molar-refractivity contribution is 6.30. The van der Waals surface area contributed by atoms with Crippen LogP contribution in [0.1, 0.15) is 31.2 Å². The monoisotopic (exact) mass is 461 g/mol. The summed E-state index contributed by atoms with van der Waals surface area (Å²) in [6, 6.07) is 18.3.